The Bertz CT molecular complexity index is 1250. The van der Waals surface area contributed by atoms with Crippen LogP contribution in [-0.2, 0) is 11.3 Å². The highest BCUT2D eigenvalue weighted by atomic mass is 19.1. The Balaban J connectivity index is 1.82. The second-order valence-corrected chi connectivity index (χ2v) is 8.88. The number of para-hydroxylation sites is 2. The lowest BCUT2D eigenvalue weighted by Crippen LogP contribution is -2.52. The summed E-state index contributed by atoms with van der Waals surface area (Å²) >= 11 is 0. The Morgan fingerprint density at radius 1 is 1.21 bits per heavy atom. The second kappa shape index (κ2) is 13.1. The number of allylic oxidation sites excluding steroid dienone is 4. The molecule has 0 bridgehead atoms. The molecule has 0 fully saturated rings. The van der Waals surface area contributed by atoms with Crippen LogP contribution in [0.2, 0.25) is 0 Å². The number of fused-ring (bicyclic) bond motifs is 1. The van der Waals surface area contributed by atoms with Crippen LogP contribution in [0, 0.1) is 5.41 Å². The number of amides is 1. The normalized spacial score (nSPS) is 16.9. The molecule has 38 heavy (non-hydrogen) atoms. The topological polar surface area (TPSA) is 109 Å². The molecule has 2 unspecified atom stereocenters. The van der Waals surface area contributed by atoms with Gasteiger partial charge in [-0.15, -0.1) is 0 Å². The molecule has 0 spiro atoms. The van der Waals surface area contributed by atoms with Crippen LogP contribution in [0.15, 0.2) is 84.5 Å². The lowest BCUT2D eigenvalue weighted by Gasteiger charge is -2.32. The number of carbonyl (C=O) groups excluding carboxylic acids is 1. The van der Waals surface area contributed by atoms with E-state index in [9.17, 15) is 18.0 Å². The van der Waals surface area contributed by atoms with Gasteiger partial charge in [-0.1, -0.05) is 36.9 Å². The first-order chi connectivity index (χ1) is 18.2. The van der Waals surface area contributed by atoms with Gasteiger partial charge in [-0.05, 0) is 41.8 Å². The van der Waals surface area contributed by atoms with Crippen molar-refractivity contribution in [3.8, 4) is 5.75 Å². The van der Waals surface area contributed by atoms with Gasteiger partial charge in [0, 0.05) is 30.8 Å². The lowest BCUT2D eigenvalue weighted by atomic mass is 10.0. The third-order valence-electron chi connectivity index (χ3n) is 6.14. The molecule has 0 aromatic heterocycles. The number of alkyl halides is 1. The molecule has 1 amide bonds. The van der Waals surface area contributed by atoms with Gasteiger partial charge in [0.1, 0.15) is 36.1 Å². The van der Waals surface area contributed by atoms with E-state index in [2.05, 4.69) is 6.58 Å². The zero-order valence-electron chi connectivity index (χ0n) is 21.2. The average molecular weight is 528 g/mol. The van der Waals surface area contributed by atoms with Crippen molar-refractivity contribution in [2.45, 2.75) is 31.6 Å². The summed E-state index contributed by atoms with van der Waals surface area (Å²) in [6, 6.07) is 13.6. The summed E-state index contributed by atoms with van der Waals surface area (Å²) in [4.78, 5) is 16.5. The number of nitrogens with two attached hydrogens (primary N) is 2. The first-order valence-corrected chi connectivity index (χ1v) is 12.0. The average Bonchev–Trinajstić information content (AvgIpc) is 3.03. The molecule has 10 heteroatoms. The number of hydrogen-bond acceptors (Lipinski definition) is 5. The highest BCUT2D eigenvalue weighted by Crippen LogP contribution is 2.31. The molecule has 0 saturated heterocycles. The van der Waals surface area contributed by atoms with Crippen LogP contribution in [0.1, 0.15) is 24.0 Å². The number of hydrogen-bond donors (Lipinski definition) is 3. The zero-order chi connectivity index (χ0) is 27.8. The van der Waals surface area contributed by atoms with Gasteiger partial charge in [0.05, 0.1) is 19.2 Å². The molecule has 1 aliphatic rings. The predicted molar refractivity (Wildman–Crippen MR) is 143 cm³/mol. The predicted octanol–water partition coefficient (Wildman–Crippen LogP) is 4.49. The van der Waals surface area contributed by atoms with E-state index in [0.29, 0.717) is 23.1 Å². The van der Waals surface area contributed by atoms with Gasteiger partial charge in [-0.2, -0.15) is 0 Å². The van der Waals surface area contributed by atoms with Crippen molar-refractivity contribution in [3.63, 3.8) is 0 Å². The first-order valence-electron chi connectivity index (χ1n) is 12.0. The second-order valence-electron chi connectivity index (χ2n) is 8.88. The van der Waals surface area contributed by atoms with Gasteiger partial charge in [0.2, 0.25) is 5.91 Å². The molecule has 0 radical (unpaired) electrons. The van der Waals surface area contributed by atoms with Crippen molar-refractivity contribution >= 4 is 17.4 Å². The summed E-state index contributed by atoms with van der Waals surface area (Å²) in [7, 11) is 1.52. The number of nitrogens with one attached hydrogen (secondary N) is 1. The lowest BCUT2D eigenvalue weighted by molar-refractivity contribution is -0.132. The molecule has 0 aliphatic carbocycles. The minimum absolute atomic E-state index is 0.0842. The Hall–Kier alpha value is -3.89. The summed E-state index contributed by atoms with van der Waals surface area (Å²) in [6.07, 6.45) is 0.387. The Labute approximate surface area is 220 Å². The maximum Gasteiger partial charge on any atom is 0.224 e. The van der Waals surface area contributed by atoms with Gasteiger partial charge in [-0.25, -0.2) is 13.2 Å². The van der Waals surface area contributed by atoms with Crippen molar-refractivity contribution in [1.82, 2.24) is 4.90 Å². The highest BCUT2D eigenvalue weighted by molar-refractivity contribution is 6.10. The Morgan fingerprint density at radius 2 is 1.89 bits per heavy atom. The molecular weight excluding hydrogens is 495 g/mol. The van der Waals surface area contributed by atoms with Crippen LogP contribution >= 0.6 is 0 Å². The van der Waals surface area contributed by atoms with E-state index < -0.39 is 30.5 Å². The molecule has 2 aromatic rings. The molecule has 0 saturated carbocycles. The van der Waals surface area contributed by atoms with Gasteiger partial charge >= 0.3 is 0 Å². The smallest absolute Gasteiger partial charge is 0.224 e. The van der Waals surface area contributed by atoms with E-state index in [-0.39, 0.29) is 43.2 Å². The Kier molecular flexibility index (Phi) is 9.86. The number of amidine groups is 1. The van der Waals surface area contributed by atoms with Gasteiger partial charge < -0.3 is 26.0 Å². The molecule has 1 aliphatic heterocycles. The summed E-state index contributed by atoms with van der Waals surface area (Å²) in [6.45, 7) is 2.30. The van der Waals surface area contributed by atoms with E-state index in [4.69, 9.17) is 21.6 Å². The minimum atomic E-state index is -1.02. The number of rotatable bonds is 9. The number of halogens is 3. The van der Waals surface area contributed by atoms with Crippen molar-refractivity contribution in [2.24, 2.45) is 11.5 Å². The zero-order valence-corrected chi connectivity index (χ0v) is 21.2. The van der Waals surface area contributed by atoms with Crippen molar-refractivity contribution in [1.29, 1.82) is 5.41 Å². The Morgan fingerprint density at radius 3 is 2.58 bits per heavy atom. The number of anilines is 1. The largest absolute Gasteiger partial charge is 0.496 e. The van der Waals surface area contributed by atoms with Crippen LogP contribution in [0.5, 0.6) is 5.75 Å². The van der Waals surface area contributed by atoms with Gasteiger partial charge in [0.15, 0.2) is 0 Å². The number of benzene rings is 2. The number of methoxy groups -OCH3 is 1. The maximum atomic E-state index is 14.3. The standard InChI is InChI=1S/C28H32F3N5O2/c1-18(30)13-23(31)19(11-12-29)14-21(32)15-27(37)35-16-20-7-3-5-9-24(20)36(26(33)17-35)28(34)22-8-4-6-10-25(22)38-2/h3-11,13,21,26,34H,1,12,14-17,32-33H2,2H3/b19-11-,23-13+,34-28?. The number of ether oxygens (including phenoxy) is 1. The molecule has 1 heterocycles. The van der Waals surface area contributed by atoms with Crippen LogP contribution < -0.4 is 21.1 Å². The van der Waals surface area contributed by atoms with E-state index >= 15 is 0 Å². The first kappa shape index (κ1) is 28.7. The van der Waals surface area contributed by atoms with Gasteiger partial charge in [-0.3, -0.25) is 10.2 Å². The van der Waals surface area contributed by atoms with Crippen molar-refractivity contribution < 1.29 is 22.7 Å². The third kappa shape index (κ3) is 6.90. The fraction of sp³-hybridized carbons (Fsp3) is 0.286. The molecule has 2 atom stereocenters. The maximum absolute atomic E-state index is 14.3. The fourth-order valence-electron chi connectivity index (χ4n) is 4.39. The molecule has 202 valence electrons. The number of nitrogens with zero attached hydrogens (tertiary/aromatic N) is 2. The van der Waals surface area contributed by atoms with Crippen molar-refractivity contribution in [3.05, 3.63) is 95.6 Å². The number of carbonyl (C=O) groups is 1. The summed E-state index contributed by atoms with van der Waals surface area (Å²) < 4.78 is 45.6. The third-order valence-corrected chi connectivity index (χ3v) is 6.14. The minimum Gasteiger partial charge on any atom is -0.496 e. The molecule has 3 rings (SSSR count). The van der Waals surface area contributed by atoms with E-state index in [1.165, 1.54) is 12.0 Å². The summed E-state index contributed by atoms with van der Waals surface area (Å²) in [5.41, 5.74) is 14.5. The molecule has 5 N–H and O–H groups in total. The van der Waals surface area contributed by atoms with Crippen LogP contribution in [0.25, 0.3) is 0 Å². The fourth-order valence-corrected chi connectivity index (χ4v) is 4.39. The van der Waals surface area contributed by atoms with Gasteiger partial charge in [0.25, 0.3) is 0 Å². The van der Waals surface area contributed by atoms with Crippen LogP contribution in [-0.4, -0.2) is 49.2 Å². The molecule has 2 aromatic carbocycles. The van der Waals surface area contributed by atoms with Crippen molar-refractivity contribution in [2.75, 3.05) is 25.2 Å². The van der Waals surface area contributed by atoms with E-state index in [0.717, 1.165) is 11.6 Å². The van der Waals surface area contributed by atoms with E-state index in [1.54, 1.807) is 29.2 Å². The monoisotopic (exact) mass is 527 g/mol. The molecule has 7 nitrogen and oxygen atoms in total. The summed E-state index contributed by atoms with van der Waals surface area (Å²) in [5.74, 6) is -1.72. The van der Waals surface area contributed by atoms with Crippen LogP contribution in [0.4, 0.5) is 18.9 Å². The molecular formula is C28H32F3N5O2. The van der Waals surface area contributed by atoms with E-state index in [1.807, 2.05) is 24.3 Å². The SMILES string of the molecule is C=C(F)/C=C(F)\C(=C/CF)CC(N)CC(=O)N1Cc2ccccc2N(C(=N)c2ccccc2OC)C(N)C1. The quantitative estimate of drug-likeness (QED) is 0.253. The highest BCUT2D eigenvalue weighted by Gasteiger charge is 2.32. The summed E-state index contributed by atoms with van der Waals surface area (Å²) in [5, 5.41) is 8.95. The van der Waals surface area contributed by atoms with Crippen LogP contribution in [0.3, 0.4) is 0 Å².